The predicted molar refractivity (Wildman–Crippen MR) is 77.9 cm³/mol. The summed E-state index contributed by atoms with van der Waals surface area (Å²) in [4.78, 5) is 4.03. The maximum atomic E-state index is 13.0. The topological polar surface area (TPSA) is 38.0 Å². The highest BCUT2D eigenvalue weighted by Crippen LogP contribution is 2.27. The maximum absolute atomic E-state index is 13.0. The third-order valence-corrected chi connectivity index (χ3v) is 3.13. The van der Waals surface area contributed by atoms with E-state index in [0.29, 0.717) is 11.3 Å². The Morgan fingerprint density at radius 1 is 1.40 bits per heavy atom. The normalized spacial score (nSPS) is 11.8. The van der Waals surface area contributed by atoms with Crippen LogP contribution in [0.5, 0.6) is 0 Å². The molecule has 0 amide bonds. The van der Waals surface area contributed by atoms with Crippen LogP contribution in [0.3, 0.4) is 0 Å². The van der Waals surface area contributed by atoms with Crippen molar-refractivity contribution in [3.8, 4) is 0 Å². The molecule has 0 aliphatic carbocycles. The minimum Gasteiger partial charge on any atom is -0.380 e. The summed E-state index contributed by atoms with van der Waals surface area (Å²) in [6.07, 6.45) is 0.286. The highest BCUT2D eigenvalue weighted by Gasteiger charge is 2.19. The number of benzene rings is 1. The van der Waals surface area contributed by atoms with Gasteiger partial charge in [0, 0.05) is 6.20 Å². The van der Waals surface area contributed by atoms with Gasteiger partial charge in [0.25, 0.3) is 0 Å². The molecule has 1 heterocycles. The Morgan fingerprint density at radius 2 is 2.05 bits per heavy atom. The van der Waals surface area contributed by atoms with E-state index in [1.807, 2.05) is 13.8 Å². The van der Waals surface area contributed by atoms with Crippen LogP contribution < -0.4 is 0 Å². The van der Waals surface area contributed by atoms with Gasteiger partial charge in [-0.3, -0.25) is 0 Å². The average molecular weight is 321 g/mol. The fraction of sp³-hybridized carbons (Fsp3) is 0.308. The maximum Gasteiger partial charge on any atom is 0.170 e. The van der Waals surface area contributed by atoms with Gasteiger partial charge in [0.2, 0.25) is 0 Å². The second-order valence-corrected chi connectivity index (χ2v) is 4.65. The molecule has 3 nitrogen and oxygen atoms in total. The summed E-state index contributed by atoms with van der Waals surface area (Å²) in [7, 11) is 0. The van der Waals surface area contributed by atoms with Crippen LogP contribution >= 0.6 is 23.9 Å². The lowest BCUT2D eigenvalue weighted by molar-refractivity contribution is 0.209. The number of aliphatic hydroxyl groups excluding tert-OH is 1. The fourth-order valence-electron chi connectivity index (χ4n) is 1.56. The van der Waals surface area contributed by atoms with Crippen molar-refractivity contribution in [2.45, 2.75) is 26.9 Å². The second-order valence-electron chi connectivity index (χ2n) is 3.71. The number of hydrogen-bond acceptors (Lipinski definition) is 3. The quantitative estimate of drug-likeness (QED) is 0.906. The van der Waals surface area contributed by atoms with Gasteiger partial charge in [0.1, 0.15) is 11.9 Å². The van der Waals surface area contributed by atoms with Crippen molar-refractivity contribution >= 4 is 23.9 Å². The van der Waals surface area contributed by atoms with Crippen LogP contribution in [0, 0.1) is 12.7 Å². The molecule has 1 aromatic heterocycles. The number of imidazole rings is 1. The van der Waals surface area contributed by atoms with E-state index in [0.717, 1.165) is 10.0 Å². The predicted octanol–water partition coefficient (Wildman–Crippen LogP) is 4.47. The van der Waals surface area contributed by atoms with Crippen LogP contribution in [0.1, 0.15) is 37.0 Å². The first kappa shape index (κ1) is 16.9. The van der Waals surface area contributed by atoms with Crippen LogP contribution in [0.15, 0.2) is 24.4 Å². The first-order valence-corrected chi connectivity index (χ1v) is 7.06. The molecule has 2 rings (SSSR count). The molecule has 0 aliphatic rings. The van der Waals surface area contributed by atoms with Crippen molar-refractivity contribution in [2.75, 3.05) is 0 Å². The van der Waals surface area contributed by atoms with Crippen molar-refractivity contribution < 1.29 is 13.4 Å². The minimum absolute atomic E-state index is 0.0663. The molecule has 0 fully saturated rings. The van der Waals surface area contributed by atoms with E-state index in [4.69, 9.17) is 11.6 Å². The van der Waals surface area contributed by atoms with E-state index in [-0.39, 0.29) is 23.2 Å². The first-order chi connectivity index (χ1) is 9.52. The van der Waals surface area contributed by atoms with E-state index < -0.39 is 11.9 Å². The second kappa shape index (κ2) is 7.61. The Bertz CT molecular complexity index is 577. The standard InChI is InChI=1S/C11H9ClF2N2OS.C2H6/c1-6-5-16(18-14)11(15-6)10(17)7-2-3-9(13)8(12)4-7;1-2/h2-5,10,17H,1H3;1-2H3. The van der Waals surface area contributed by atoms with E-state index in [1.54, 1.807) is 6.92 Å². The van der Waals surface area contributed by atoms with Crippen molar-refractivity contribution in [3.05, 3.63) is 52.3 Å². The first-order valence-electron chi connectivity index (χ1n) is 6.01. The van der Waals surface area contributed by atoms with Gasteiger partial charge in [0.05, 0.1) is 10.7 Å². The van der Waals surface area contributed by atoms with E-state index in [2.05, 4.69) is 4.98 Å². The van der Waals surface area contributed by atoms with E-state index in [9.17, 15) is 13.4 Å². The number of aromatic nitrogens is 2. The van der Waals surface area contributed by atoms with Gasteiger partial charge < -0.3 is 5.11 Å². The largest absolute Gasteiger partial charge is 0.380 e. The summed E-state index contributed by atoms with van der Waals surface area (Å²) in [6.45, 7) is 5.68. The lowest BCUT2D eigenvalue weighted by atomic mass is 10.1. The Balaban J connectivity index is 0.000000956. The summed E-state index contributed by atoms with van der Waals surface area (Å²) in [6, 6.07) is 3.81. The molecule has 0 spiro atoms. The lowest BCUT2D eigenvalue weighted by Gasteiger charge is -2.11. The highest BCUT2D eigenvalue weighted by molar-refractivity contribution is 7.92. The molecule has 0 radical (unpaired) electrons. The van der Waals surface area contributed by atoms with Gasteiger partial charge in [-0.25, -0.2) is 13.3 Å². The third kappa shape index (κ3) is 3.71. The Hall–Kier alpha value is -1.11. The number of halogens is 3. The summed E-state index contributed by atoms with van der Waals surface area (Å²) in [5, 5.41) is 9.99. The molecular weight excluding hydrogens is 306 g/mol. The molecular formula is C13H15ClF2N2OS. The summed E-state index contributed by atoms with van der Waals surface area (Å²) < 4.78 is 26.8. The van der Waals surface area contributed by atoms with E-state index >= 15 is 0 Å². The zero-order valence-electron chi connectivity index (χ0n) is 11.3. The third-order valence-electron chi connectivity index (χ3n) is 2.40. The zero-order chi connectivity index (χ0) is 15.3. The van der Waals surface area contributed by atoms with Crippen LogP contribution in [0.4, 0.5) is 8.28 Å². The Morgan fingerprint density at radius 3 is 2.60 bits per heavy atom. The highest BCUT2D eigenvalue weighted by atomic mass is 35.5. The van der Waals surface area contributed by atoms with Crippen molar-refractivity contribution in [3.63, 3.8) is 0 Å². The molecule has 7 heteroatoms. The van der Waals surface area contributed by atoms with E-state index in [1.165, 1.54) is 18.3 Å². The summed E-state index contributed by atoms with van der Waals surface area (Å²) in [5.41, 5.74) is 0.921. The number of nitrogens with zero attached hydrogens (tertiary/aromatic N) is 2. The number of aryl methyl sites for hydroxylation is 1. The van der Waals surface area contributed by atoms with Crippen LogP contribution in [-0.4, -0.2) is 14.1 Å². The number of aliphatic hydroxyl groups is 1. The molecule has 2 aromatic rings. The van der Waals surface area contributed by atoms with Crippen molar-refractivity contribution in [1.29, 1.82) is 0 Å². The average Bonchev–Trinajstić information content (AvgIpc) is 2.84. The lowest BCUT2D eigenvalue weighted by Crippen LogP contribution is -2.05. The molecule has 0 saturated carbocycles. The zero-order valence-corrected chi connectivity index (χ0v) is 12.8. The van der Waals surface area contributed by atoms with Crippen LogP contribution in [0.25, 0.3) is 0 Å². The van der Waals surface area contributed by atoms with Gasteiger partial charge in [-0.05, 0) is 24.6 Å². The SMILES string of the molecule is CC.Cc1cn(SF)c(C(O)c2ccc(F)c(Cl)c2)n1. The van der Waals surface area contributed by atoms with Gasteiger partial charge in [-0.2, -0.15) is 0 Å². The fourth-order valence-corrected chi connectivity index (χ4v) is 2.16. The minimum atomic E-state index is -1.17. The van der Waals surface area contributed by atoms with Crippen LogP contribution in [0.2, 0.25) is 5.02 Å². The molecule has 0 bridgehead atoms. The monoisotopic (exact) mass is 320 g/mol. The Labute approximate surface area is 126 Å². The number of hydrogen-bond donors (Lipinski definition) is 1. The summed E-state index contributed by atoms with van der Waals surface area (Å²) in [5.74, 6) is -0.449. The molecule has 0 aliphatic heterocycles. The van der Waals surface area contributed by atoms with Gasteiger partial charge in [0.15, 0.2) is 18.2 Å². The van der Waals surface area contributed by atoms with Gasteiger partial charge >= 0.3 is 0 Å². The molecule has 1 unspecified atom stereocenters. The molecule has 1 N–H and O–H groups in total. The van der Waals surface area contributed by atoms with Gasteiger partial charge in [-0.15, -0.1) is 3.89 Å². The van der Waals surface area contributed by atoms with Gasteiger partial charge in [-0.1, -0.05) is 31.5 Å². The molecule has 1 atom stereocenters. The molecule has 0 saturated heterocycles. The smallest absolute Gasteiger partial charge is 0.170 e. The molecule has 1 aromatic carbocycles. The van der Waals surface area contributed by atoms with Crippen molar-refractivity contribution in [2.24, 2.45) is 0 Å². The Kier molecular flexibility index (Phi) is 6.45. The van der Waals surface area contributed by atoms with Crippen molar-refractivity contribution in [1.82, 2.24) is 8.96 Å². The van der Waals surface area contributed by atoms with Crippen LogP contribution in [-0.2, 0) is 0 Å². The number of rotatable bonds is 3. The summed E-state index contributed by atoms with van der Waals surface area (Å²) >= 11 is 5.57. The molecule has 20 heavy (non-hydrogen) atoms. The molecule has 110 valence electrons.